The first-order chi connectivity index (χ1) is 15.7. The van der Waals surface area contributed by atoms with Crippen LogP contribution in [0, 0.1) is 20.8 Å². The van der Waals surface area contributed by atoms with E-state index in [2.05, 4.69) is 25.0 Å². The molecule has 2 aromatic carbocycles. The van der Waals surface area contributed by atoms with Gasteiger partial charge in [-0.2, -0.15) is 0 Å². The number of hydrogen-bond donors (Lipinski definition) is 2. The summed E-state index contributed by atoms with van der Waals surface area (Å²) < 4.78 is 33.6. The van der Waals surface area contributed by atoms with Crippen molar-refractivity contribution in [1.82, 2.24) is 15.0 Å². The minimum Gasteiger partial charge on any atom is -0.494 e. The van der Waals surface area contributed by atoms with Crippen LogP contribution >= 0.6 is 0 Å². The molecule has 2 N–H and O–H groups in total. The molecule has 0 radical (unpaired) electrons. The molecule has 9 heteroatoms. The molecule has 0 aliphatic heterocycles. The Morgan fingerprint density at radius 3 is 2.18 bits per heavy atom. The van der Waals surface area contributed by atoms with Crippen molar-refractivity contribution in [3.05, 3.63) is 71.7 Å². The highest BCUT2D eigenvalue weighted by Crippen LogP contribution is 2.30. The van der Waals surface area contributed by atoms with E-state index >= 15 is 0 Å². The predicted octanol–water partition coefficient (Wildman–Crippen LogP) is 4.89. The summed E-state index contributed by atoms with van der Waals surface area (Å²) in [4.78, 5) is 13.0. The molecule has 0 atom stereocenters. The summed E-state index contributed by atoms with van der Waals surface area (Å²) in [5, 5.41) is 4.28. The summed E-state index contributed by atoms with van der Waals surface area (Å²) in [6.45, 7) is 8.01. The lowest BCUT2D eigenvalue weighted by molar-refractivity contribution is 0.340. The van der Waals surface area contributed by atoms with Gasteiger partial charge in [-0.3, -0.25) is 4.98 Å². The van der Waals surface area contributed by atoms with Crippen LogP contribution in [0.4, 0.5) is 17.3 Å². The highest BCUT2D eigenvalue weighted by molar-refractivity contribution is 7.92. The van der Waals surface area contributed by atoms with Crippen LogP contribution in [0.3, 0.4) is 0 Å². The van der Waals surface area contributed by atoms with Crippen LogP contribution in [-0.2, 0) is 10.0 Å². The van der Waals surface area contributed by atoms with Gasteiger partial charge in [-0.25, -0.2) is 23.1 Å². The van der Waals surface area contributed by atoms with Crippen LogP contribution in [0.1, 0.15) is 24.0 Å². The Morgan fingerprint density at radius 1 is 0.848 bits per heavy atom. The normalized spacial score (nSPS) is 11.4. The van der Waals surface area contributed by atoms with E-state index in [1.54, 1.807) is 32.0 Å². The number of fused-ring (bicyclic) bond motifs is 1. The number of benzene rings is 2. The fourth-order valence-corrected chi connectivity index (χ4v) is 4.46. The number of anilines is 3. The Morgan fingerprint density at radius 2 is 1.52 bits per heavy atom. The second-order valence-corrected chi connectivity index (χ2v) is 9.33. The smallest absolute Gasteiger partial charge is 0.264 e. The predicted molar refractivity (Wildman–Crippen MR) is 130 cm³/mol. The first-order valence-corrected chi connectivity index (χ1v) is 12.0. The number of sulfonamides is 1. The number of nitrogens with one attached hydrogen (secondary N) is 2. The van der Waals surface area contributed by atoms with Crippen molar-refractivity contribution < 1.29 is 13.2 Å². The third-order valence-corrected chi connectivity index (χ3v) is 6.21. The van der Waals surface area contributed by atoms with Gasteiger partial charge in [0.05, 0.1) is 17.0 Å². The molecule has 0 unspecified atom stereocenters. The summed E-state index contributed by atoms with van der Waals surface area (Å²) in [5.74, 6) is 0.818. The van der Waals surface area contributed by atoms with Crippen LogP contribution < -0.4 is 14.8 Å². The average molecular weight is 464 g/mol. The van der Waals surface area contributed by atoms with Crippen molar-refractivity contribution in [1.29, 1.82) is 0 Å². The topological polar surface area (TPSA) is 106 Å². The van der Waals surface area contributed by atoms with Gasteiger partial charge in [-0.15, -0.1) is 0 Å². The van der Waals surface area contributed by atoms with E-state index in [-0.39, 0.29) is 10.8 Å². The van der Waals surface area contributed by atoms with Crippen LogP contribution in [0.25, 0.3) is 10.9 Å². The molecule has 0 spiro atoms. The molecule has 0 saturated carbocycles. The Kier molecular flexibility index (Phi) is 6.15. The largest absolute Gasteiger partial charge is 0.494 e. The fraction of sp³-hybridized carbons (Fsp3) is 0.208. The molecule has 4 aromatic rings. The van der Waals surface area contributed by atoms with Gasteiger partial charge in [-0.1, -0.05) is 0 Å². The standard InChI is InChI=1S/C24H25N5O3S/c1-5-32-19-8-11-22-21(14-19)23(13-17(4)25-22)28-18-6-9-20(10-7-18)33(30,31)29-24-26-15(2)12-16(3)27-24/h6-14H,5H2,1-4H3,(H,25,28)(H,26,27,29). The second kappa shape index (κ2) is 9.03. The first kappa shape index (κ1) is 22.5. The summed E-state index contributed by atoms with van der Waals surface area (Å²) in [6.07, 6.45) is 0. The summed E-state index contributed by atoms with van der Waals surface area (Å²) in [7, 11) is -3.82. The number of rotatable bonds is 7. The number of nitrogens with zero attached hydrogens (tertiary/aromatic N) is 3. The number of aryl methyl sites for hydroxylation is 3. The highest BCUT2D eigenvalue weighted by atomic mass is 32.2. The maximum absolute atomic E-state index is 12.8. The van der Waals surface area contributed by atoms with Gasteiger partial charge in [0, 0.05) is 33.8 Å². The molecule has 170 valence electrons. The summed E-state index contributed by atoms with van der Waals surface area (Å²) in [6, 6.07) is 16.0. The minimum absolute atomic E-state index is 0.0542. The van der Waals surface area contributed by atoms with Crippen molar-refractivity contribution in [3.63, 3.8) is 0 Å². The monoisotopic (exact) mass is 463 g/mol. The van der Waals surface area contributed by atoms with E-state index in [4.69, 9.17) is 4.74 Å². The number of hydrogen-bond acceptors (Lipinski definition) is 7. The van der Waals surface area contributed by atoms with Crippen LogP contribution in [0.5, 0.6) is 5.75 Å². The van der Waals surface area contributed by atoms with Crippen molar-refractivity contribution in [2.24, 2.45) is 0 Å². The molecule has 8 nitrogen and oxygen atoms in total. The zero-order valence-electron chi connectivity index (χ0n) is 18.9. The molecular formula is C24H25N5O3S. The van der Waals surface area contributed by atoms with E-state index in [1.165, 1.54) is 12.1 Å². The van der Waals surface area contributed by atoms with Crippen molar-refractivity contribution in [3.8, 4) is 5.75 Å². The van der Waals surface area contributed by atoms with Gasteiger partial charge >= 0.3 is 0 Å². The molecule has 0 aliphatic rings. The fourth-order valence-electron chi connectivity index (χ4n) is 3.52. The zero-order chi connectivity index (χ0) is 23.6. The number of aromatic nitrogens is 3. The number of pyridine rings is 1. The molecule has 0 fully saturated rings. The van der Waals surface area contributed by atoms with E-state index in [1.807, 2.05) is 38.1 Å². The van der Waals surface area contributed by atoms with Gasteiger partial charge in [0.2, 0.25) is 5.95 Å². The van der Waals surface area contributed by atoms with E-state index in [0.717, 1.165) is 33.7 Å². The summed E-state index contributed by atoms with van der Waals surface area (Å²) >= 11 is 0. The van der Waals surface area contributed by atoms with Gasteiger partial charge in [0.25, 0.3) is 10.0 Å². The maximum atomic E-state index is 12.8. The quantitative estimate of drug-likeness (QED) is 0.402. The van der Waals surface area contributed by atoms with Gasteiger partial charge in [0.1, 0.15) is 5.75 Å². The lowest BCUT2D eigenvalue weighted by Gasteiger charge is -2.13. The van der Waals surface area contributed by atoms with Crippen molar-refractivity contribution in [2.75, 3.05) is 16.6 Å². The zero-order valence-corrected chi connectivity index (χ0v) is 19.7. The second-order valence-electron chi connectivity index (χ2n) is 7.65. The molecule has 0 amide bonds. The lowest BCUT2D eigenvalue weighted by atomic mass is 10.1. The molecule has 33 heavy (non-hydrogen) atoms. The Bertz CT molecular complexity index is 1400. The van der Waals surface area contributed by atoms with Crippen LogP contribution in [0.15, 0.2) is 59.5 Å². The minimum atomic E-state index is -3.82. The van der Waals surface area contributed by atoms with Gasteiger partial charge < -0.3 is 10.1 Å². The van der Waals surface area contributed by atoms with Crippen LogP contribution in [0.2, 0.25) is 0 Å². The molecule has 0 aliphatic carbocycles. The van der Waals surface area contributed by atoms with E-state index in [9.17, 15) is 8.42 Å². The van der Waals surface area contributed by atoms with Crippen molar-refractivity contribution in [2.45, 2.75) is 32.6 Å². The van der Waals surface area contributed by atoms with E-state index < -0.39 is 10.0 Å². The third-order valence-electron chi connectivity index (χ3n) is 4.87. The third kappa shape index (κ3) is 5.20. The van der Waals surface area contributed by atoms with E-state index in [0.29, 0.717) is 18.0 Å². The molecule has 4 rings (SSSR count). The molecule has 0 saturated heterocycles. The molecule has 2 heterocycles. The highest BCUT2D eigenvalue weighted by Gasteiger charge is 2.16. The van der Waals surface area contributed by atoms with Crippen LogP contribution in [-0.4, -0.2) is 30.0 Å². The maximum Gasteiger partial charge on any atom is 0.264 e. The van der Waals surface area contributed by atoms with Gasteiger partial charge in [0.15, 0.2) is 0 Å². The Balaban J connectivity index is 1.60. The Labute approximate surface area is 193 Å². The molecule has 0 bridgehead atoms. The summed E-state index contributed by atoms with van der Waals surface area (Å²) in [5.41, 5.74) is 4.68. The lowest BCUT2D eigenvalue weighted by Crippen LogP contribution is -2.15. The van der Waals surface area contributed by atoms with Crippen molar-refractivity contribution >= 4 is 38.2 Å². The Hall–Kier alpha value is -3.72. The molecule has 2 aromatic heterocycles. The number of ether oxygens (including phenoxy) is 1. The van der Waals surface area contributed by atoms with Gasteiger partial charge in [-0.05, 0) is 82.3 Å². The molecular weight excluding hydrogens is 438 g/mol. The first-order valence-electron chi connectivity index (χ1n) is 10.5. The average Bonchev–Trinajstić information content (AvgIpc) is 2.73. The SMILES string of the molecule is CCOc1ccc2nc(C)cc(Nc3ccc(S(=O)(=O)Nc4nc(C)cc(C)n4)cc3)c2c1.